The molecule has 0 fully saturated rings. The Morgan fingerprint density at radius 1 is 1.03 bits per heavy atom. The van der Waals surface area contributed by atoms with Gasteiger partial charge in [0.15, 0.2) is 17.1 Å². The third kappa shape index (κ3) is 5.22. The number of benzene rings is 2. The van der Waals surface area contributed by atoms with E-state index in [-0.39, 0.29) is 24.5 Å². The molecule has 5 rings (SSSR count). The number of hydrogen-bond donors (Lipinski definition) is 1. The summed E-state index contributed by atoms with van der Waals surface area (Å²) in [6.45, 7) is 4.17. The van der Waals surface area contributed by atoms with E-state index >= 15 is 0 Å². The van der Waals surface area contributed by atoms with Crippen LogP contribution in [-0.4, -0.2) is 32.3 Å². The molecule has 0 saturated heterocycles. The van der Waals surface area contributed by atoms with Crippen molar-refractivity contribution in [2.45, 2.75) is 27.1 Å². The molecule has 5 aromatic rings. The van der Waals surface area contributed by atoms with Gasteiger partial charge in [0.05, 0.1) is 12.3 Å². The van der Waals surface area contributed by atoms with E-state index in [1.54, 1.807) is 31.2 Å². The molecule has 0 saturated carbocycles. The average Bonchev–Trinajstić information content (AvgIpc) is 3.54. The number of para-hydroxylation sites is 1. The summed E-state index contributed by atoms with van der Waals surface area (Å²) in [6.07, 6.45) is 0. The molecule has 2 aromatic carbocycles. The fraction of sp³-hybridized carbons (Fsp3) is 0.185. The summed E-state index contributed by atoms with van der Waals surface area (Å²) in [5.74, 6) is 0.991. The van der Waals surface area contributed by atoms with Crippen molar-refractivity contribution in [3.05, 3.63) is 99.8 Å². The standard InChI is InChI=1S/C27H24N4O6/c1-3-34-23-11-7-10-19(26(23)35-16-20-12-17(2)37-30-20)15-36-27(33)22-13-24-28-21(14-25(32)31(24)29-22)18-8-5-4-6-9-18/h4-14,29H,3,15-16H2,1-2H3. The number of hydrogen-bond acceptors (Lipinski definition) is 8. The zero-order valence-corrected chi connectivity index (χ0v) is 20.3. The maximum atomic E-state index is 12.9. The molecule has 10 nitrogen and oxygen atoms in total. The highest BCUT2D eigenvalue weighted by Gasteiger charge is 2.18. The number of nitrogens with one attached hydrogen (secondary N) is 1. The fourth-order valence-corrected chi connectivity index (χ4v) is 3.81. The quantitative estimate of drug-likeness (QED) is 0.297. The summed E-state index contributed by atoms with van der Waals surface area (Å²) in [5.41, 5.74) is 2.61. The maximum Gasteiger partial charge on any atom is 0.356 e. The van der Waals surface area contributed by atoms with Crippen LogP contribution in [0, 0.1) is 6.92 Å². The summed E-state index contributed by atoms with van der Waals surface area (Å²) in [5, 5.41) is 6.71. The Morgan fingerprint density at radius 2 is 1.86 bits per heavy atom. The first-order valence-corrected chi connectivity index (χ1v) is 11.7. The molecule has 0 aliphatic rings. The molecular weight excluding hydrogens is 476 g/mol. The van der Waals surface area contributed by atoms with Crippen LogP contribution in [0.3, 0.4) is 0 Å². The Morgan fingerprint density at radius 3 is 2.62 bits per heavy atom. The van der Waals surface area contributed by atoms with Crippen LogP contribution in [0.4, 0.5) is 0 Å². The number of ether oxygens (including phenoxy) is 3. The largest absolute Gasteiger partial charge is 0.490 e. The van der Waals surface area contributed by atoms with Gasteiger partial charge in [-0.1, -0.05) is 47.6 Å². The first-order chi connectivity index (χ1) is 18.0. The van der Waals surface area contributed by atoms with Gasteiger partial charge in [0.25, 0.3) is 5.56 Å². The Balaban J connectivity index is 1.35. The molecule has 3 aromatic heterocycles. The first kappa shape index (κ1) is 23.9. The monoisotopic (exact) mass is 500 g/mol. The molecule has 37 heavy (non-hydrogen) atoms. The van der Waals surface area contributed by atoms with Gasteiger partial charge < -0.3 is 18.7 Å². The topological polar surface area (TPSA) is 121 Å². The van der Waals surface area contributed by atoms with Crippen molar-refractivity contribution in [3.8, 4) is 22.8 Å². The van der Waals surface area contributed by atoms with Crippen molar-refractivity contribution < 1.29 is 23.5 Å². The van der Waals surface area contributed by atoms with Gasteiger partial charge in [-0.25, -0.2) is 14.3 Å². The normalized spacial score (nSPS) is 11.0. The number of fused-ring (bicyclic) bond motifs is 1. The molecule has 1 N–H and O–H groups in total. The van der Waals surface area contributed by atoms with Crippen molar-refractivity contribution in [3.63, 3.8) is 0 Å². The van der Waals surface area contributed by atoms with Crippen molar-refractivity contribution >= 4 is 11.6 Å². The molecular formula is C27H24N4O6. The molecule has 0 aliphatic heterocycles. The summed E-state index contributed by atoms with van der Waals surface area (Å²) < 4.78 is 23.5. The van der Waals surface area contributed by atoms with Gasteiger partial charge in [0.1, 0.15) is 30.4 Å². The third-order valence-electron chi connectivity index (χ3n) is 5.50. The van der Waals surface area contributed by atoms with Gasteiger partial charge in [-0.2, -0.15) is 0 Å². The lowest BCUT2D eigenvalue weighted by Crippen LogP contribution is -2.15. The van der Waals surface area contributed by atoms with Crippen molar-refractivity contribution in [1.29, 1.82) is 0 Å². The Labute approximate surface area is 211 Å². The van der Waals surface area contributed by atoms with Gasteiger partial charge in [0.2, 0.25) is 0 Å². The van der Waals surface area contributed by atoms with Gasteiger partial charge in [-0.05, 0) is 19.9 Å². The average molecular weight is 501 g/mol. The second-order valence-electron chi connectivity index (χ2n) is 8.18. The minimum atomic E-state index is -0.647. The number of rotatable bonds is 9. The highest BCUT2D eigenvalue weighted by atomic mass is 16.5. The number of esters is 1. The van der Waals surface area contributed by atoms with Crippen LogP contribution in [0.15, 0.2) is 76.0 Å². The number of carbonyl (C=O) groups excluding carboxylic acids is 1. The molecule has 0 bridgehead atoms. The number of H-pyrrole nitrogens is 1. The third-order valence-corrected chi connectivity index (χ3v) is 5.50. The van der Waals surface area contributed by atoms with E-state index in [0.29, 0.717) is 46.5 Å². The van der Waals surface area contributed by atoms with E-state index in [4.69, 9.17) is 18.7 Å². The zero-order valence-electron chi connectivity index (χ0n) is 20.3. The molecule has 0 atom stereocenters. The lowest BCUT2D eigenvalue weighted by molar-refractivity contribution is 0.0461. The van der Waals surface area contributed by atoms with Crippen LogP contribution in [0.1, 0.15) is 34.4 Å². The van der Waals surface area contributed by atoms with E-state index in [9.17, 15) is 9.59 Å². The highest BCUT2D eigenvalue weighted by molar-refractivity contribution is 5.88. The smallest absolute Gasteiger partial charge is 0.356 e. The number of nitrogens with zero attached hydrogens (tertiary/aromatic N) is 3. The second-order valence-corrected chi connectivity index (χ2v) is 8.18. The Kier molecular flexibility index (Phi) is 6.71. The molecule has 0 amide bonds. The van der Waals surface area contributed by atoms with Crippen molar-refractivity contribution in [2.75, 3.05) is 6.61 Å². The van der Waals surface area contributed by atoms with Crippen LogP contribution < -0.4 is 15.0 Å². The van der Waals surface area contributed by atoms with Gasteiger partial charge in [0, 0.05) is 29.3 Å². The van der Waals surface area contributed by atoms with Crippen molar-refractivity contribution in [1.82, 2.24) is 19.8 Å². The lowest BCUT2D eigenvalue weighted by Gasteiger charge is -2.15. The van der Waals surface area contributed by atoms with E-state index in [1.807, 2.05) is 37.3 Å². The number of aromatic nitrogens is 4. The molecule has 0 aliphatic carbocycles. The van der Waals surface area contributed by atoms with Gasteiger partial charge >= 0.3 is 5.97 Å². The Hall–Kier alpha value is -4.86. The zero-order chi connectivity index (χ0) is 25.8. The summed E-state index contributed by atoms with van der Waals surface area (Å²) in [6, 6.07) is 19.4. The van der Waals surface area contributed by atoms with Gasteiger partial charge in [-0.15, -0.1) is 0 Å². The number of aromatic amines is 1. The van der Waals surface area contributed by atoms with Crippen molar-refractivity contribution in [2.24, 2.45) is 0 Å². The van der Waals surface area contributed by atoms with Crippen LogP contribution in [0.25, 0.3) is 16.9 Å². The predicted octanol–water partition coefficient (Wildman–Crippen LogP) is 4.32. The highest BCUT2D eigenvalue weighted by Crippen LogP contribution is 2.33. The van der Waals surface area contributed by atoms with Crippen LogP contribution in [0.5, 0.6) is 11.5 Å². The fourth-order valence-electron chi connectivity index (χ4n) is 3.81. The summed E-state index contributed by atoms with van der Waals surface area (Å²) in [4.78, 5) is 30.0. The van der Waals surface area contributed by atoms with Crippen LogP contribution >= 0.6 is 0 Å². The minimum Gasteiger partial charge on any atom is -0.490 e. The summed E-state index contributed by atoms with van der Waals surface area (Å²) >= 11 is 0. The summed E-state index contributed by atoms with van der Waals surface area (Å²) in [7, 11) is 0. The maximum absolute atomic E-state index is 12.9. The minimum absolute atomic E-state index is 0.0835. The van der Waals surface area contributed by atoms with E-state index in [0.717, 1.165) is 5.56 Å². The molecule has 0 spiro atoms. The van der Waals surface area contributed by atoms with E-state index in [2.05, 4.69) is 15.2 Å². The van der Waals surface area contributed by atoms with E-state index in [1.165, 1.54) is 16.6 Å². The molecule has 10 heteroatoms. The molecule has 188 valence electrons. The van der Waals surface area contributed by atoms with Crippen LogP contribution in [-0.2, 0) is 18.0 Å². The predicted molar refractivity (Wildman–Crippen MR) is 134 cm³/mol. The molecule has 0 unspecified atom stereocenters. The second kappa shape index (κ2) is 10.4. The first-order valence-electron chi connectivity index (χ1n) is 11.7. The molecule has 3 heterocycles. The van der Waals surface area contributed by atoms with Crippen LogP contribution in [0.2, 0.25) is 0 Å². The Bertz CT molecular complexity index is 1600. The van der Waals surface area contributed by atoms with E-state index < -0.39 is 5.97 Å². The number of aryl methyl sites for hydroxylation is 1. The lowest BCUT2D eigenvalue weighted by atomic mass is 10.1. The number of carbonyl (C=O) groups is 1. The van der Waals surface area contributed by atoms with Gasteiger partial charge in [-0.3, -0.25) is 9.89 Å². The SMILES string of the molecule is CCOc1cccc(COC(=O)c2cc3nc(-c4ccccc4)cc(=O)n3[nH]2)c1OCc1cc(C)on1. The molecule has 0 radical (unpaired) electrons.